The van der Waals surface area contributed by atoms with E-state index in [9.17, 15) is 9.59 Å². The second-order valence-corrected chi connectivity index (χ2v) is 9.42. The Morgan fingerprint density at radius 3 is 2.52 bits per heavy atom. The number of carbonyl (C=O) groups excluding carboxylic acids is 1. The van der Waals surface area contributed by atoms with Crippen LogP contribution < -0.4 is 19.7 Å². The lowest BCUT2D eigenvalue weighted by atomic mass is 10.1. The fourth-order valence-electron chi connectivity index (χ4n) is 3.92. The number of aromatic nitrogens is 3. The molecule has 4 aromatic rings. The topological polar surface area (TPSA) is 76.8 Å². The van der Waals surface area contributed by atoms with E-state index in [0.29, 0.717) is 40.0 Å². The van der Waals surface area contributed by atoms with Gasteiger partial charge in [-0.1, -0.05) is 50.3 Å². The third kappa shape index (κ3) is 3.70. The summed E-state index contributed by atoms with van der Waals surface area (Å²) in [5.41, 5.74) is 2.55. The maximum Gasteiger partial charge on any atom is 0.291 e. The molecule has 0 saturated carbocycles. The van der Waals surface area contributed by atoms with Crippen LogP contribution in [0.15, 0.2) is 53.3 Å². The molecule has 5 rings (SSSR count). The molecule has 1 aliphatic heterocycles. The van der Waals surface area contributed by atoms with Gasteiger partial charge in [0.2, 0.25) is 4.96 Å². The zero-order valence-corrected chi connectivity index (χ0v) is 19.6. The minimum atomic E-state index is -0.317. The second kappa shape index (κ2) is 8.44. The number of amides is 1. The maximum atomic E-state index is 13.2. The highest BCUT2D eigenvalue weighted by Gasteiger charge is 2.33. The zero-order valence-electron chi connectivity index (χ0n) is 18.7. The van der Waals surface area contributed by atoms with Crippen LogP contribution in [0.2, 0.25) is 0 Å². The molecule has 33 heavy (non-hydrogen) atoms. The quantitative estimate of drug-likeness (QED) is 0.440. The Morgan fingerprint density at radius 1 is 1.06 bits per heavy atom. The number of hydrogen-bond acceptors (Lipinski definition) is 6. The number of thiazole rings is 1. The minimum absolute atomic E-state index is 0.142. The average molecular weight is 461 g/mol. The van der Waals surface area contributed by atoms with Gasteiger partial charge in [-0.25, -0.2) is 0 Å². The predicted molar refractivity (Wildman–Crippen MR) is 130 cm³/mol. The van der Waals surface area contributed by atoms with Crippen LogP contribution in [0.25, 0.3) is 21.9 Å². The molecule has 168 valence electrons. The Morgan fingerprint density at radius 2 is 1.82 bits per heavy atom. The molecule has 0 aliphatic carbocycles. The summed E-state index contributed by atoms with van der Waals surface area (Å²) in [5.74, 6) is 1.56. The van der Waals surface area contributed by atoms with Crippen LogP contribution in [0.4, 0.5) is 5.69 Å². The third-order valence-electron chi connectivity index (χ3n) is 5.45. The Hall–Kier alpha value is -3.52. The molecule has 1 aliphatic rings. The summed E-state index contributed by atoms with van der Waals surface area (Å²) >= 11 is 1.21. The third-order valence-corrected chi connectivity index (χ3v) is 6.48. The summed E-state index contributed by atoms with van der Waals surface area (Å²) in [4.78, 5) is 33.2. The van der Waals surface area contributed by atoms with Gasteiger partial charge < -0.3 is 9.64 Å². The maximum absolute atomic E-state index is 13.2. The summed E-state index contributed by atoms with van der Waals surface area (Å²) in [6, 6.07) is 15.1. The molecular formula is C25H24N4O3S. The molecule has 0 radical (unpaired) electrons. The smallest absolute Gasteiger partial charge is 0.291 e. The Labute approximate surface area is 194 Å². The second-order valence-electron chi connectivity index (χ2n) is 8.44. The first-order valence-corrected chi connectivity index (χ1v) is 11.9. The highest BCUT2D eigenvalue weighted by molar-refractivity contribution is 7.15. The molecule has 1 amide bonds. The van der Waals surface area contributed by atoms with Crippen molar-refractivity contribution in [3.63, 3.8) is 0 Å². The van der Waals surface area contributed by atoms with E-state index in [4.69, 9.17) is 4.74 Å². The number of nitrogens with zero attached hydrogens (tertiary/aromatic N) is 4. The number of rotatable bonds is 6. The van der Waals surface area contributed by atoms with Crippen molar-refractivity contribution in [2.24, 2.45) is 5.92 Å². The normalized spacial score (nSPS) is 15.0. The van der Waals surface area contributed by atoms with Crippen molar-refractivity contribution < 1.29 is 9.53 Å². The number of para-hydroxylation sites is 1. The number of carbonyl (C=O) groups is 1. The lowest BCUT2D eigenvalue weighted by Gasteiger charge is -2.15. The first kappa shape index (κ1) is 21.3. The van der Waals surface area contributed by atoms with Gasteiger partial charge in [0.25, 0.3) is 11.5 Å². The molecule has 0 unspecified atom stereocenters. The van der Waals surface area contributed by atoms with Crippen molar-refractivity contribution in [1.29, 1.82) is 0 Å². The molecular weight excluding hydrogens is 436 g/mol. The number of benzene rings is 2. The summed E-state index contributed by atoms with van der Waals surface area (Å²) < 4.78 is 7.40. The Balaban J connectivity index is 1.55. The number of fused-ring (bicyclic) bond motifs is 2. The lowest BCUT2D eigenvalue weighted by molar-refractivity contribution is -0.113. The van der Waals surface area contributed by atoms with Gasteiger partial charge in [-0.3, -0.25) is 9.59 Å². The van der Waals surface area contributed by atoms with Gasteiger partial charge in [-0.05, 0) is 42.7 Å². The molecule has 0 spiro atoms. The zero-order chi connectivity index (χ0) is 23.1. The molecule has 0 bridgehead atoms. The average Bonchev–Trinajstić information content (AvgIpc) is 3.44. The molecule has 2 aromatic heterocycles. The van der Waals surface area contributed by atoms with Crippen LogP contribution >= 0.6 is 11.3 Å². The van der Waals surface area contributed by atoms with E-state index >= 15 is 0 Å². The van der Waals surface area contributed by atoms with E-state index in [1.54, 1.807) is 4.90 Å². The van der Waals surface area contributed by atoms with Crippen molar-refractivity contribution >= 4 is 33.5 Å². The highest BCUT2D eigenvalue weighted by atomic mass is 32.1. The van der Waals surface area contributed by atoms with Gasteiger partial charge in [0.05, 0.1) is 17.9 Å². The van der Waals surface area contributed by atoms with Crippen molar-refractivity contribution in [1.82, 2.24) is 14.6 Å². The van der Waals surface area contributed by atoms with E-state index in [-0.39, 0.29) is 11.5 Å². The van der Waals surface area contributed by atoms with Crippen molar-refractivity contribution in [3.8, 4) is 17.1 Å². The van der Waals surface area contributed by atoms with Gasteiger partial charge in [-0.2, -0.15) is 9.50 Å². The molecule has 2 aromatic carbocycles. The van der Waals surface area contributed by atoms with Crippen LogP contribution in [0.1, 0.15) is 32.8 Å². The van der Waals surface area contributed by atoms with E-state index in [2.05, 4.69) is 23.9 Å². The first-order chi connectivity index (χ1) is 16.0. The lowest BCUT2D eigenvalue weighted by Crippen LogP contribution is -2.32. The monoisotopic (exact) mass is 460 g/mol. The summed E-state index contributed by atoms with van der Waals surface area (Å²) in [7, 11) is 0. The van der Waals surface area contributed by atoms with E-state index in [0.717, 1.165) is 29.0 Å². The molecule has 7 nitrogen and oxygen atoms in total. The summed E-state index contributed by atoms with van der Waals surface area (Å²) in [5, 5.41) is 4.44. The van der Waals surface area contributed by atoms with Crippen LogP contribution in [-0.2, 0) is 4.79 Å². The van der Waals surface area contributed by atoms with Gasteiger partial charge in [0, 0.05) is 17.7 Å². The summed E-state index contributed by atoms with van der Waals surface area (Å²) in [6.45, 7) is 7.48. The van der Waals surface area contributed by atoms with Crippen LogP contribution in [0, 0.1) is 5.92 Å². The van der Waals surface area contributed by atoms with Crippen LogP contribution in [0.5, 0.6) is 5.75 Å². The SMILES string of the molecule is CCCN1C(=O)C(=c2sc3nc(-c4ccc(OCC(C)C)cc4)nn3c2=O)c2ccccc21. The van der Waals surface area contributed by atoms with E-state index in [1.165, 1.54) is 15.9 Å². The van der Waals surface area contributed by atoms with Crippen molar-refractivity contribution in [2.45, 2.75) is 27.2 Å². The first-order valence-electron chi connectivity index (χ1n) is 11.1. The van der Waals surface area contributed by atoms with Gasteiger partial charge >= 0.3 is 0 Å². The van der Waals surface area contributed by atoms with E-state index in [1.807, 2.05) is 55.5 Å². The molecule has 0 fully saturated rings. The van der Waals surface area contributed by atoms with E-state index < -0.39 is 0 Å². The molecule has 0 saturated heterocycles. The molecule has 8 heteroatoms. The largest absolute Gasteiger partial charge is 0.493 e. The fourth-order valence-corrected chi connectivity index (χ4v) is 4.91. The number of anilines is 1. The fraction of sp³-hybridized carbons (Fsp3) is 0.280. The Bertz CT molecular complexity index is 1450. The highest BCUT2D eigenvalue weighted by Crippen LogP contribution is 2.35. The molecule has 0 N–H and O–H groups in total. The summed E-state index contributed by atoms with van der Waals surface area (Å²) in [6.07, 6.45) is 0.831. The van der Waals surface area contributed by atoms with Crippen LogP contribution in [-0.4, -0.2) is 33.7 Å². The molecule has 0 atom stereocenters. The Kier molecular flexibility index (Phi) is 5.46. The van der Waals surface area contributed by atoms with Gasteiger partial charge in [0.15, 0.2) is 5.82 Å². The predicted octanol–water partition coefficient (Wildman–Crippen LogP) is 3.53. The minimum Gasteiger partial charge on any atom is -0.493 e. The standard InChI is InChI=1S/C25H24N4O3S/c1-4-13-28-19-8-6-5-7-18(19)20(23(28)30)21-24(31)29-25(33-21)26-22(27-29)16-9-11-17(12-10-16)32-14-15(2)3/h5-12,15H,4,13-14H2,1-3H3. The van der Waals surface area contributed by atoms with Crippen molar-refractivity contribution in [2.75, 3.05) is 18.1 Å². The van der Waals surface area contributed by atoms with Gasteiger partial charge in [-0.15, -0.1) is 5.10 Å². The van der Waals surface area contributed by atoms with Gasteiger partial charge in [0.1, 0.15) is 10.3 Å². The number of ether oxygens (including phenoxy) is 1. The number of hydrogen-bond donors (Lipinski definition) is 0. The molecule has 3 heterocycles. The van der Waals surface area contributed by atoms with Crippen LogP contribution in [0.3, 0.4) is 0 Å². The van der Waals surface area contributed by atoms with Crippen molar-refractivity contribution in [3.05, 3.63) is 69.0 Å².